The maximum atomic E-state index is 13.5. The summed E-state index contributed by atoms with van der Waals surface area (Å²) < 4.78 is 18.4. The van der Waals surface area contributed by atoms with E-state index in [2.05, 4.69) is 63.2 Å². The average molecular weight is 541 g/mol. The number of imidazole rings is 1. The van der Waals surface area contributed by atoms with Crippen LogP contribution in [0.3, 0.4) is 0 Å². The van der Waals surface area contributed by atoms with Crippen LogP contribution >= 0.6 is 12.8 Å². The summed E-state index contributed by atoms with van der Waals surface area (Å²) in [6, 6.07) is 18.8. The van der Waals surface area contributed by atoms with Crippen LogP contribution in [0.4, 0.5) is 10.2 Å². The summed E-state index contributed by atoms with van der Waals surface area (Å²) in [7, 11) is 0. The Hall–Kier alpha value is -4.12. The molecule has 0 aliphatic heterocycles. The van der Waals surface area contributed by atoms with Crippen LogP contribution < -0.4 is 10.5 Å². The van der Waals surface area contributed by atoms with Crippen molar-refractivity contribution in [2.75, 3.05) is 25.4 Å². The summed E-state index contributed by atoms with van der Waals surface area (Å²) in [5, 5.41) is 0. The van der Waals surface area contributed by atoms with Crippen molar-refractivity contribution in [3.05, 3.63) is 97.1 Å². The lowest BCUT2D eigenvalue weighted by molar-refractivity contribution is 0.276. The first kappa shape index (κ1) is 26.5. The van der Waals surface area contributed by atoms with Crippen LogP contribution in [-0.2, 0) is 6.54 Å². The number of thiol groups is 1. The van der Waals surface area contributed by atoms with Crippen LogP contribution in [0.5, 0.6) is 0 Å². The van der Waals surface area contributed by atoms with E-state index in [1.165, 1.54) is 17.8 Å². The number of fused-ring (bicyclic) bond motifs is 1. The Morgan fingerprint density at radius 2 is 1.82 bits per heavy atom. The zero-order valence-corrected chi connectivity index (χ0v) is 22.2. The Kier molecular flexibility index (Phi) is 8.26. The zero-order chi connectivity index (χ0) is 27.2. The Morgan fingerprint density at radius 1 is 1.00 bits per heavy atom. The molecular formula is C29H29FN8S. The average Bonchev–Trinajstić information content (AvgIpc) is 3.34. The summed E-state index contributed by atoms with van der Waals surface area (Å²) in [5.41, 5.74) is 11.5. The number of hydrogen-bond acceptors (Lipinski definition) is 8. The monoisotopic (exact) mass is 540 g/mol. The van der Waals surface area contributed by atoms with Crippen LogP contribution in [0.15, 0.2) is 85.7 Å². The second kappa shape index (κ2) is 12.2. The van der Waals surface area contributed by atoms with Gasteiger partial charge in [-0.05, 0) is 60.5 Å². The van der Waals surface area contributed by atoms with Gasteiger partial charge in [0, 0.05) is 38.1 Å². The van der Waals surface area contributed by atoms with Crippen molar-refractivity contribution >= 4 is 29.8 Å². The third-order valence-corrected chi connectivity index (χ3v) is 6.59. The van der Waals surface area contributed by atoms with E-state index in [-0.39, 0.29) is 0 Å². The Bertz CT molecular complexity index is 1570. The van der Waals surface area contributed by atoms with Gasteiger partial charge in [0.25, 0.3) is 0 Å². The summed E-state index contributed by atoms with van der Waals surface area (Å²) in [5.74, 6) is 0.610. The number of halogens is 1. The first-order valence-corrected chi connectivity index (χ1v) is 13.0. The van der Waals surface area contributed by atoms with Crippen molar-refractivity contribution in [1.82, 2.24) is 34.1 Å². The molecular weight excluding hydrogens is 511 g/mol. The van der Waals surface area contributed by atoms with Gasteiger partial charge in [0.15, 0.2) is 11.5 Å². The number of nitrogens with one attached hydrogen (secondary N) is 1. The van der Waals surface area contributed by atoms with Gasteiger partial charge in [0.1, 0.15) is 17.2 Å². The highest BCUT2D eigenvalue weighted by Crippen LogP contribution is 2.31. The van der Waals surface area contributed by atoms with Crippen molar-refractivity contribution in [1.29, 1.82) is 0 Å². The number of benzene rings is 1. The lowest BCUT2D eigenvalue weighted by atomic mass is 10.1. The Balaban J connectivity index is 1.57. The number of hydrogen-bond donors (Lipinski definition) is 3. The van der Waals surface area contributed by atoms with Gasteiger partial charge in [-0.2, -0.15) is 0 Å². The molecule has 0 amide bonds. The van der Waals surface area contributed by atoms with Gasteiger partial charge in [0.05, 0.1) is 23.1 Å². The number of aromatic nitrogens is 5. The number of nitrogens with two attached hydrogens (primary N) is 1. The Morgan fingerprint density at radius 3 is 2.54 bits per heavy atom. The zero-order valence-electron chi connectivity index (χ0n) is 21.3. The number of nitrogens with zero attached hydrogens (tertiary/aromatic N) is 6. The predicted octanol–water partition coefficient (Wildman–Crippen LogP) is 5.08. The van der Waals surface area contributed by atoms with Crippen LogP contribution in [0.1, 0.15) is 12.0 Å². The van der Waals surface area contributed by atoms with E-state index in [4.69, 9.17) is 15.7 Å². The standard InChI is InChI=1S/C29H29FN8S/c1-2-3-16-37(17-15-34-39)19-20-6-9-22(10-7-20)38-28(23-5-4-14-32-27(23)31)36-26-13-12-25(35-29(26)38)24-11-8-21(30)18-33-24/h2,4-14,18,34,39H,1,3,15-17,19H2,(H2,31,32). The van der Waals surface area contributed by atoms with Crippen molar-refractivity contribution < 1.29 is 4.39 Å². The van der Waals surface area contributed by atoms with Gasteiger partial charge in [-0.15, -0.1) is 6.58 Å². The van der Waals surface area contributed by atoms with E-state index in [0.717, 1.165) is 38.3 Å². The molecule has 39 heavy (non-hydrogen) atoms. The summed E-state index contributed by atoms with van der Waals surface area (Å²) in [4.78, 5) is 20.6. The highest BCUT2D eigenvalue weighted by Gasteiger charge is 2.19. The number of anilines is 1. The second-order valence-electron chi connectivity index (χ2n) is 9.04. The summed E-state index contributed by atoms with van der Waals surface area (Å²) in [6.45, 7) is 7.23. The molecule has 4 heterocycles. The molecule has 3 N–H and O–H groups in total. The smallest absolute Gasteiger partial charge is 0.165 e. The number of rotatable bonds is 11. The fourth-order valence-electron chi connectivity index (χ4n) is 4.42. The fraction of sp³-hybridized carbons (Fsp3) is 0.172. The van der Waals surface area contributed by atoms with Gasteiger partial charge < -0.3 is 5.73 Å². The molecule has 0 aliphatic rings. The highest BCUT2D eigenvalue weighted by atomic mass is 32.1. The van der Waals surface area contributed by atoms with Crippen LogP contribution in [0, 0.1) is 5.82 Å². The molecule has 0 atom stereocenters. The van der Waals surface area contributed by atoms with Crippen LogP contribution in [0.25, 0.3) is 39.6 Å². The van der Waals surface area contributed by atoms with Gasteiger partial charge in [0.2, 0.25) is 0 Å². The van der Waals surface area contributed by atoms with E-state index in [1.807, 2.05) is 34.9 Å². The fourth-order valence-corrected chi connectivity index (χ4v) is 4.52. The summed E-state index contributed by atoms with van der Waals surface area (Å²) in [6.07, 6.45) is 5.68. The lowest BCUT2D eigenvalue weighted by Crippen LogP contribution is -2.30. The van der Waals surface area contributed by atoms with E-state index in [1.54, 1.807) is 12.3 Å². The van der Waals surface area contributed by atoms with Crippen LogP contribution in [0.2, 0.25) is 0 Å². The molecule has 0 fully saturated rings. The largest absolute Gasteiger partial charge is 0.383 e. The number of nitrogen functional groups attached to an aromatic ring is 1. The van der Waals surface area contributed by atoms with Crippen molar-refractivity contribution in [2.24, 2.45) is 0 Å². The minimum absolute atomic E-state index is 0.377. The minimum atomic E-state index is -0.399. The topological polar surface area (TPSA) is 97.8 Å². The second-order valence-corrected chi connectivity index (χ2v) is 9.35. The minimum Gasteiger partial charge on any atom is -0.383 e. The Labute approximate surface area is 232 Å². The molecule has 0 unspecified atom stereocenters. The summed E-state index contributed by atoms with van der Waals surface area (Å²) >= 11 is 4.13. The van der Waals surface area contributed by atoms with Crippen LogP contribution in [-0.4, -0.2) is 49.0 Å². The van der Waals surface area contributed by atoms with Gasteiger partial charge in [-0.25, -0.2) is 19.3 Å². The molecule has 1 aromatic carbocycles. The van der Waals surface area contributed by atoms with Crippen molar-refractivity contribution in [3.8, 4) is 28.5 Å². The molecule has 0 bridgehead atoms. The predicted molar refractivity (Wildman–Crippen MR) is 157 cm³/mol. The van der Waals surface area contributed by atoms with Gasteiger partial charge in [-0.1, -0.05) is 31.0 Å². The van der Waals surface area contributed by atoms with Crippen molar-refractivity contribution in [2.45, 2.75) is 13.0 Å². The van der Waals surface area contributed by atoms with Gasteiger partial charge >= 0.3 is 0 Å². The SMILES string of the molecule is C=CCCN(CCNS)Cc1ccc(-n2c(-c3cccnc3N)nc3ccc(-c4ccc(F)cn4)nc32)cc1. The third-order valence-electron chi connectivity index (χ3n) is 6.36. The number of pyridine rings is 3. The van der Waals surface area contributed by atoms with Crippen molar-refractivity contribution in [3.63, 3.8) is 0 Å². The van der Waals surface area contributed by atoms with E-state index in [0.29, 0.717) is 39.8 Å². The molecule has 4 aromatic heterocycles. The maximum absolute atomic E-state index is 13.5. The third kappa shape index (κ3) is 5.98. The lowest BCUT2D eigenvalue weighted by Gasteiger charge is -2.21. The molecule has 0 radical (unpaired) electrons. The normalized spacial score (nSPS) is 11.4. The molecule has 0 saturated heterocycles. The van der Waals surface area contributed by atoms with E-state index >= 15 is 0 Å². The first-order chi connectivity index (χ1) is 19.1. The molecule has 0 aliphatic carbocycles. The molecule has 8 nitrogen and oxygen atoms in total. The van der Waals surface area contributed by atoms with Gasteiger partial charge in [-0.3, -0.25) is 19.2 Å². The molecule has 0 saturated carbocycles. The highest BCUT2D eigenvalue weighted by molar-refractivity contribution is 7.78. The molecule has 10 heteroatoms. The molecule has 5 rings (SSSR count). The molecule has 0 spiro atoms. The quantitative estimate of drug-likeness (QED) is 0.159. The molecule has 198 valence electrons. The van der Waals surface area contributed by atoms with E-state index < -0.39 is 5.82 Å². The molecule has 5 aromatic rings. The van der Waals surface area contributed by atoms with E-state index in [9.17, 15) is 4.39 Å². The maximum Gasteiger partial charge on any atom is 0.165 e. The first-order valence-electron chi connectivity index (χ1n) is 12.6.